The maximum absolute atomic E-state index is 9.08. The van der Waals surface area contributed by atoms with Crippen LogP contribution in [0, 0.1) is 0 Å². The fourth-order valence-electron chi connectivity index (χ4n) is 0.640. The van der Waals surface area contributed by atoms with Gasteiger partial charge in [0, 0.05) is 6.42 Å². The van der Waals surface area contributed by atoms with Gasteiger partial charge in [-0.25, -0.2) is 0 Å². The number of hydrogen-bond donors (Lipinski definition) is 3. The Morgan fingerprint density at radius 1 is 1.27 bits per heavy atom. The maximum atomic E-state index is 9.08. The lowest BCUT2D eigenvalue weighted by atomic mass is 10.1. The molecule has 0 amide bonds. The third kappa shape index (κ3) is 5.79. The zero-order valence-corrected chi connectivity index (χ0v) is 6.35. The Morgan fingerprint density at radius 2 is 1.91 bits per heavy atom. The fraction of sp³-hybridized carbons (Fsp3) is 0.500. The summed E-state index contributed by atoms with van der Waals surface area (Å²) in [5.74, 6) is 0. The molecule has 0 saturated carbocycles. The molecule has 3 heteroatoms. The summed E-state index contributed by atoms with van der Waals surface area (Å²) in [5.41, 5.74) is 0. The smallest absolute Gasteiger partial charge is 0.0749 e. The van der Waals surface area contributed by atoms with E-state index in [4.69, 9.17) is 15.3 Å². The van der Waals surface area contributed by atoms with Crippen LogP contribution in [0.5, 0.6) is 0 Å². The highest BCUT2D eigenvalue weighted by Gasteiger charge is 2.04. The van der Waals surface area contributed by atoms with Gasteiger partial charge in [0.05, 0.1) is 18.8 Å². The third-order valence-corrected chi connectivity index (χ3v) is 1.22. The van der Waals surface area contributed by atoms with Gasteiger partial charge in [-0.3, -0.25) is 0 Å². The number of rotatable bonds is 5. The summed E-state index contributed by atoms with van der Waals surface area (Å²) in [6, 6.07) is 0. The lowest BCUT2D eigenvalue weighted by Crippen LogP contribution is -2.13. The van der Waals surface area contributed by atoms with Gasteiger partial charge in [-0.1, -0.05) is 18.2 Å². The third-order valence-electron chi connectivity index (χ3n) is 1.22. The number of aliphatic hydroxyl groups is 3. The molecule has 3 nitrogen and oxygen atoms in total. The van der Waals surface area contributed by atoms with E-state index >= 15 is 0 Å². The molecule has 0 fully saturated rings. The first-order valence-electron chi connectivity index (χ1n) is 3.47. The van der Waals surface area contributed by atoms with Crippen LogP contribution in [0.1, 0.15) is 6.42 Å². The van der Waals surface area contributed by atoms with E-state index in [0.29, 0.717) is 0 Å². The van der Waals surface area contributed by atoms with E-state index in [9.17, 15) is 0 Å². The summed E-state index contributed by atoms with van der Waals surface area (Å²) in [5, 5.41) is 26.4. The van der Waals surface area contributed by atoms with E-state index in [2.05, 4.69) is 6.58 Å². The summed E-state index contributed by atoms with van der Waals surface area (Å²) in [6.07, 6.45) is 3.05. The summed E-state index contributed by atoms with van der Waals surface area (Å²) >= 11 is 0. The highest BCUT2D eigenvalue weighted by molar-refractivity contribution is 4.92. The van der Waals surface area contributed by atoms with E-state index < -0.39 is 12.2 Å². The van der Waals surface area contributed by atoms with Crippen molar-refractivity contribution in [2.24, 2.45) is 0 Å². The second-order valence-electron chi connectivity index (χ2n) is 2.22. The van der Waals surface area contributed by atoms with E-state index in [1.165, 1.54) is 18.2 Å². The molecule has 0 aliphatic heterocycles. The van der Waals surface area contributed by atoms with Crippen LogP contribution < -0.4 is 0 Å². The monoisotopic (exact) mass is 158 g/mol. The number of aliphatic hydroxyl groups excluding tert-OH is 3. The molecule has 64 valence electrons. The van der Waals surface area contributed by atoms with E-state index in [1.54, 1.807) is 0 Å². The van der Waals surface area contributed by atoms with Crippen LogP contribution in [0.2, 0.25) is 0 Å². The van der Waals surface area contributed by atoms with Crippen molar-refractivity contribution in [1.29, 1.82) is 0 Å². The molecule has 0 aliphatic carbocycles. The van der Waals surface area contributed by atoms with Crippen molar-refractivity contribution in [2.45, 2.75) is 18.6 Å². The Labute approximate surface area is 66.3 Å². The Morgan fingerprint density at radius 3 is 2.36 bits per heavy atom. The normalized spacial score (nSPS) is 16.6. The van der Waals surface area contributed by atoms with Crippen molar-refractivity contribution in [1.82, 2.24) is 0 Å². The zero-order valence-electron chi connectivity index (χ0n) is 6.35. The number of hydrogen-bond acceptors (Lipinski definition) is 3. The summed E-state index contributed by atoms with van der Waals surface area (Å²) in [6.45, 7) is 3.26. The van der Waals surface area contributed by atoms with Gasteiger partial charge in [0.1, 0.15) is 0 Å². The van der Waals surface area contributed by atoms with Crippen LogP contribution in [0.15, 0.2) is 24.8 Å². The van der Waals surface area contributed by atoms with Crippen molar-refractivity contribution in [2.75, 3.05) is 6.61 Å². The van der Waals surface area contributed by atoms with Crippen LogP contribution in [-0.2, 0) is 0 Å². The van der Waals surface area contributed by atoms with Crippen LogP contribution in [-0.4, -0.2) is 34.1 Å². The largest absolute Gasteiger partial charge is 0.392 e. The molecule has 11 heavy (non-hydrogen) atoms. The fourth-order valence-corrected chi connectivity index (χ4v) is 0.640. The Balaban J connectivity index is 3.58. The molecule has 0 rings (SSSR count). The summed E-state index contributed by atoms with van der Waals surface area (Å²) < 4.78 is 0. The SMILES string of the molecule is C=C[C@@H](O)C[C@H](O)/C=C/CO. The van der Waals surface area contributed by atoms with Gasteiger partial charge in [-0.15, -0.1) is 6.58 Å². The Kier molecular flexibility index (Phi) is 5.74. The summed E-state index contributed by atoms with van der Waals surface area (Å²) in [7, 11) is 0. The van der Waals surface area contributed by atoms with Crippen molar-refractivity contribution < 1.29 is 15.3 Å². The topological polar surface area (TPSA) is 60.7 Å². The van der Waals surface area contributed by atoms with Crippen LogP contribution in [0.3, 0.4) is 0 Å². The molecule has 0 bridgehead atoms. The second-order valence-corrected chi connectivity index (χ2v) is 2.22. The van der Waals surface area contributed by atoms with Gasteiger partial charge in [-0.2, -0.15) is 0 Å². The Hall–Kier alpha value is -0.640. The first kappa shape index (κ1) is 10.4. The van der Waals surface area contributed by atoms with Crippen LogP contribution in [0.4, 0.5) is 0 Å². The van der Waals surface area contributed by atoms with Crippen LogP contribution >= 0.6 is 0 Å². The van der Waals surface area contributed by atoms with Crippen molar-refractivity contribution in [3.05, 3.63) is 24.8 Å². The van der Waals surface area contributed by atoms with Gasteiger partial charge in [0.15, 0.2) is 0 Å². The quantitative estimate of drug-likeness (QED) is 0.487. The predicted octanol–water partition coefficient (Wildman–Crippen LogP) is -0.167. The molecule has 0 aromatic rings. The minimum atomic E-state index is -0.713. The molecule has 0 spiro atoms. The van der Waals surface area contributed by atoms with Gasteiger partial charge in [0.25, 0.3) is 0 Å². The molecular formula is C8H14O3. The molecule has 0 unspecified atom stereocenters. The molecule has 0 radical (unpaired) electrons. The lowest BCUT2D eigenvalue weighted by molar-refractivity contribution is 0.133. The molecule has 0 aromatic carbocycles. The molecule has 0 saturated heterocycles. The van der Waals surface area contributed by atoms with Crippen molar-refractivity contribution in [3.63, 3.8) is 0 Å². The average Bonchev–Trinajstić information content (AvgIpc) is 2.00. The summed E-state index contributed by atoms with van der Waals surface area (Å²) in [4.78, 5) is 0. The average molecular weight is 158 g/mol. The molecule has 3 N–H and O–H groups in total. The Bertz CT molecular complexity index is 131. The van der Waals surface area contributed by atoms with Crippen LogP contribution in [0.25, 0.3) is 0 Å². The van der Waals surface area contributed by atoms with Crippen molar-refractivity contribution >= 4 is 0 Å². The lowest BCUT2D eigenvalue weighted by Gasteiger charge is -2.07. The zero-order chi connectivity index (χ0) is 8.69. The van der Waals surface area contributed by atoms with E-state index in [1.807, 2.05) is 0 Å². The van der Waals surface area contributed by atoms with Gasteiger partial charge in [0.2, 0.25) is 0 Å². The maximum Gasteiger partial charge on any atom is 0.0749 e. The molecule has 0 aliphatic rings. The predicted molar refractivity (Wildman–Crippen MR) is 43.1 cm³/mol. The first-order chi connectivity index (χ1) is 5.20. The van der Waals surface area contributed by atoms with Gasteiger partial charge >= 0.3 is 0 Å². The minimum absolute atomic E-state index is 0.0960. The van der Waals surface area contributed by atoms with Gasteiger partial charge < -0.3 is 15.3 Å². The molecule has 2 atom stereocenters. The standard InChI is InChI=1S/C8H14O3/c1-2-7(10)6-8(11)4-3-5-9/h2-4,7-11H,1,5-6H2/b4-3+/t7-,8-/m1/s1. The molecule has 0 heterocycles. The highest BCUT2D eigenvalue weighted by Crippen LogP contribution is 1.99. The molecular weight excluding hydrogens is 144 g/mol. The van der Waals surface area contributed by atoms with E-state index in [-0.39, 0.29) is 13.0 Å². The minimum Gasteiger partial charge on any atom is -0.392 e. The highest BCUT2D eigenvalue weighted by atomic mass is 16.3. The van der Waals surface area contributed by atoms with Gasteiger partial charge in [-0.05, 0) is 0 Å². The van der Waals surface area contributed by atoms with Crippen molar-refractivity contribution in [3.8, 4) is 0 Å². The molecule has 0 aromatic heterocycles. The second kappa shape index (κ2) is 6.09. The van der Waals surface area contributed by atoms with E-state index in [0.717, 1.165) is 0 Å². The first-order valence-corrected chi connectivity index (χ1v) is 3.47.